The summed E-state index contributed by atoms with van der Waals surface area (Å²) < 4.78 is 6.13. The van der Waals surface area contributed by atoms with Crippen molar-refractivity contribution >= 4 is 40.5 Å². The highest BCUT2D eigenvalue weighted by atomic mass is 16.5. The van der Waals surface area contributed by atoms with Gasteiger partial charge in [0.1, 0.15) is 17.5 Å². The average molecular weight is 741 g/mol. The number of ether oxygens (including phenoxy) is 1. The summed E-state index contributed by atoms with van der Waals surface area (Å²) in [7, 11) is 0. The molecule has 0 saturated carbocycles. The van der Waals surface area contributed by atoms with Crippen LogP contribution >= 0.6 is 0 Å². The summed E-state index contributed by atoms with van der Waals surface area (Å²) in [5.41, 5.74) is 7.27. The first-order valence-electron chi connectivity index (χ1n) is 19.4. The van der Waals surface area contributed by atoms with E-state index in [-0.39, 0.29) is 24.5 Å². The number of aromatic hydroxyl groups is 1. The van der Waals surface area contributed by atoms with Gasteiger partial charge in [-0.05, 0) is 103 Å². The van der Waals surface area contributed by atoms with Crippen LogP contribution < -0.4 is 15.0 Å². The number of unbranched alkanes of at least 4 members (excludes halogenated alkanes) is 3. The molecule has 1 unspecified atom stereocenters. The van der Waals surface area contributed by atoms with Crippen LogP contribution in [0, 0.1) is 0 Å². The molecule has 7 rings (SSSR count). The maximum atomic E-state index is 13.3. The number of piperazine rings is 1. The van der Waals surface area contributed by atoms with Gasteiger partial charge in [-0.3, -0.25) is 34.3 Å². The summed E-state index contributed by atoms with van der Waals surface area (Å²) in [6.07, 6.45) is 5.45. The highest BCUT2D eigenvalue weighted by molar-refractivity contribution is 6.23. The molecule has 10 nitrogen and oxygen atoms in total. The van der Waals surface area contributed by atoms with Crippen molar-refractivity contribution in [1.82, 2.24) is 15.1 Å². The molecule has 4 amide bonds. The first-order valence-corrected chi connectivity index (χ1v) is 19.4. The Bertz CT molecular complexity index is 2050. The predicted molar refractivity (Wildman–Crippen MR) is 213 cm³/mol. The molecule has 0 aliphatic carbocycles. The van der Waals surface area contributed by atoms with E-state index in [2.05, 4.69) is 58.4 Å². The Hall–Kier alpha value is -5.74. The van der Waals surface area contributed by atoms with Crippen molar-refractivity contribution in [3.63, 3.8) is 0 Å². The number of phenolic OH excluding ortho intramolecular Hbond substituents is 1. The molecule has 0 aromatic heterocycles. The van der Waals surface area contributed by atoms with E-state index in [0.717, 1.165) is 97.9 Å². The van der Waals surface area contributed by atoms with Gasteiger partial charge in [-0.25, -0.2) is 0 Å². The number of benzene rings is 4. The fourth-order valence-corrected chi connectivity index (χ4v) is 7.89. The molecule has 3 aliphatic heterocycles. The van der Waals surface area contributed by atoms with Crippen molar-refractivity contribution in [2.75, 3.05) is 44.2 Å². The Kier molecular flexibility index (Phi) is 11.7. The van der Waals surface area contributed by atoms with Crippen LogP contribution in [-0.4, -0.2) is 83.9 Å². The number of hydrogen-bond acceptors (Lipinski definition) is 8. The van der Waals surface area contributed by atoms with Crippen LogP contribution in [0.3, 0.4) is 0 Å². The molecule has 4 aromatic carbocycles. The molecule has 0 spiro atoms. The molecule has 1 atom stereocenters. The summed E-state index contributed by atoms with van der Waals surface area (Å²) >= 11 is 0. The molecule has 3 heterocycles. The SMILES string of the molecule is CC/C(=C(\c1ccc(O)cc1)c1ccc(OCCCCCCN2CCN(c3ccc4c(c3)C(=O)N(C3CCC(=O)NC3=O)C4=O)CC2)cc1)c1ccccc1. The Morgan fingerprint density at radius 2 is 1.42 bits per heavy atom. The first-order chi connectivity index (χ1) is 26.8. The van der Waals surface area contributed by atoms with Gasteiger partial charge in [0.05, 0.1) is 17.7 Å². The van der Waals surface area contributed by atoms with Gasteiger partial charge in [0, 0.05) is 38.3 Å². The molecule has 284 valence electrons. The lowest BCUT2D eigenvalue weighted by molar-refractivity contribution is -0.136. The lowest BCUT2D eigenvalue weighted by atomic mass is 9.88. The van der Waals surface area contributed by atoms with Crippen LogP contribution in [0.15, 0.2) is 97.1 Å². The van der Waals surface area contributed by atoms with Gasteiger partial charge >= 0.3 is 0 Å². The molecule has 55 heavy (non-hydrogen) atoms. The van der Waals surface area contributed by atoms with Crippen molar-refractivity contribution in [3.05, 3.63) is 125 Å². The van der Waals surface area contributed by atoms with Crippen LogP contribution in [0.1, 0.15) is 89.3 Å². The van der Waals surface area contributed by atoms with E-state index in [9.17, 15) is 24.3 Å². The molecule has 0 bridgehead atoms. The number of allylic oxidation sites excluding steroid dienone is 1. The number of carbonyl (C=O) groups is 4. The molecule has 0 radical (unpaired) electrons. The molecule has 10 heteroatoms. The Morgan fingerprint density at radius 3 is 2.11 bits per heavy atom. The van der Waals surface area contributed by atoms with Crippen molar-refractivity contribution in [1.29, 1.82) is 0 Å². The smallest absolute Gasteiger partial charge is 0.262 e. The number of nitrogens with zero attached hydrogens (tertiary/aromatic N) is 3. The summed E-state index contributed by atoms with van der Waals surface area (Å²) in [5.74, 6) is -0.834. The number of rotatable bonds is 14. The van der Waals surface area contributed by atoms with Crippen LogP contribution in [0.2, 0.25) is 0 Å². The number of fused-ring (bicyclic) bond motifs is 1. The fraction of sp³-hybridized carbons (Fsp3) is 0.333. The number of anilines is 1. The topological polar surface area (TPSA) is 119 Å². The van der Waals surface area contributed by atoms with Gasteiger partial charge in [-0.1, -0.05) is 74.4 Å². The van der Waals surface area contributed by atoms with Crippen molar-refractivity contribution in [2.45, 2.75) is 57.9 Å². The van der Waals surface area contributed by atoms with Gasteiger partial charge in [0.15, 0.2) is 0 Å². The van der Waals surface area contributed by atoms with E-state index in [4.69, 9.17) is 4.74 Å². The van der Waals surface area contributed by atoms with Crippen LogP contribution in [0.5, 0.6) is 11.5 Å². The van der Waals surface area contributed by atoms with Crippen molar-refractivity contribution < 1.29 is 29.0 Å². The lowest BCUT2D eigenvalue weighted by Crippen LogP contribution is -2.54. The van der Waals surface area contributed by atoms with Gasteiger partial charge in [-0.15, -0.1) is 0 Å². The predicted octanol–water partition coefficient (Wildman–Crippen LogP) is 6.92. The van der Waals surface area contributed by atoms with Crippen LogP contribution in [0.4, 0.5) is 5.69 Å². The zero-order valence-electron chi connectivity index (χ0n) is 31.3. The third-order valence-electron chi connectivity index (χ3n) is 10.9. The molecular formula is C45H48N4O6. The lowest BCUT2D eigenvalue weighted by Gasteiger charge is -2.36. The standard InChI is InChI=1S/C45H48N4O6/c1-2-37(31-10-6-5-7-11-31)42(32-12-17-35(50)18-13-32)33-14-19-36(20-15-33)55-29-9-4-3-8-24-47-25-27-48(28-26-47)34-16-21-38-39(30-34)45(54)49(44(38)53)40-22-23-41(51)46-43(40)52/h5-7,10-21,30,40,50H,2-4,8-9,22-29H2,1H3,(H,46,51,52)/b42-37-. The largest absolute Gasteiger partial charge is 0.508 e. The summed E-state index contributed by atoms with van der Waals surface area (Å²) in [6, 6.07) is 30.6. The molecule has 2 fully saturated rings. The highest BCUT2D eigenvalue weighted by Gasteiger charge is 2.44. The van der Waals surface area contributed by atoms with Crippen LogP contribution in [-0.2, 0) is 9.59 Å². The minimum absolute atomic E-state index is 0.100. The van der Waals surface area contributed by atoms with E-state index in [1.807, 2.05) is 36.4 Å². The second-order valence-electron chi connectivity index (χ2n) is 14.4. The minimum atomic E-state index is -0.961. The molecule has 3 aliphatic rings. The number of amides is 4. The number of imide groups is 2. The van der Waals surface area contributed by atoms with Crippen molar-refractivity contribution in [3.8, 4) is 11.5 Å². The summed E-state index contributed by atoms with van der Waals surface area (Å²) in [6.45, 7) is 7.36. The molecule has 2 N–H and O–H groups in total. The molecular weight excluding hydrogens is 693 g/mol. The normalized spacial score (nSPS) is 17.9. The summed E-state index contributed by atoms with van der Waals surface area (Å²) in [5, 5.41) is 12.2. The molecule has 4 aromatic rings. The number of piperidine rings is 1. The second-order valence-corrected chi connectivity index (χ2v) is 14.4. The minimum Gasteiger partial charge on any atom is -0.508 e. The quantitative estimate of drug-likeness (QED) is 0.0813. The van der Waals surface area contributed by atoms with Crippen LogP contribution in [0.25, 0.3) is 11.1 Å². The Labute approximate surface area is 322 Å². The Balaban J connectivity index is 0.839. The number of nitrogens with one attached hydrogen (secondary N) is 1. The maximum absolute atomic E-state index is 13.3. The molecule has 2 saturated heterocycles. The maximum Gasteiger partial charge on any atom is 0.262 e. The number of carbonyl (C=O) groups excluding carboxylic acids is 4. The van der Waals surface area contributed by atoms with Gasteiger partial charge < -0.3 is 14.7 Å². The first kappa shape index (κ1) is 37.6. The van der Waals surface area contributed by atoms with E-state index in [1.54, 1.807) is 24.3 Å². The number of hydrogen-bond donors (Lipinski definition) is 2. The average Bonchev–Trinajstić information content (AvgIpc) is 3.45. The van der Waals surface area contributed by atoms with E-state index < -0.39 is 23.8 Å². The van der Waals surface area contributed by atoms with E-state index >= 15 is 0 Å². The monoisotopic (exact) mass is 740 g/mol. The third kappa shape index (κ3) is 8.49. The fourth-order valence-electron chi connectivity index (χ4n) is 7.89. The van der Waals surface area contributed by atoms with Gasteiger partial charge in [0.2, 0.25) is 11.8 Å². The van der Waals surface area contributed by atoms with Crippen molar-refractivity contribution in [2.24, 2.45) is 0 Å². The second kappa shape index (κ2) is 17.2. The number of phenols is 1. The third-order valence-corrected chi connectivity index (χ3v) is 10.9. The summed E-state index contributed by atoms with van der Waals surface area (Å²) in [4.78, 5) is 56.0. The van der Waals surface area contributed by atoms with Gasteiger partial charge in [-0.2, -0.15) is 0 Å². The highest BCUT2D eigenvalue weighted by Crippen LogP contribution is 2.36. The van der Waals surface area contributed by atoms with E-state index in [0.29, 0.717) is 17.7 Å². The Morgan fingerprint density at radius 1 is 0.745 bits per heavy atom. The zero-order valence-corrected chi connectivity index (χ0v) is 31.3. The van der Waals surface area contributed by atoms with E-state index in [1.165, 1.54) is 11.1 Å². The van der Waals surface area contributed by atoms with Gasteiger partial charge in [0.25, 0.3) is 11.8 Å². The zero-order chi connectivity index (χ0) is 38.3.